The molecule has 1 aliphatic heterocycles. The van der Waals surface area contributed by atoms with Gasteiger partial charge < -0.3 is 19.7 Å². The second-order valence-corrected chi connectivity index (χ2v) is 7.00. The topological polar surface area (TPSA) is 50.8 Å². The highest BCUT2D eigenvalue weighted by molar-refractivity contribution is 5.85. The van der Waals surface area contributed by atoms with Crippen molar-refractivity contribution in [3.63, 3.8) is 0 Å². The molecule has 152 valence electrons. The summed E-state index contributed by atoms with van der Waals surface area (Å²) in [4.78, 5) is 15.1. The van der Waals surface area contributed by atoms with Crippen LogP contribution in [0, 0.1) is 0 Å². The van der Waals surface area contributed by atoms with Crippen LogP contribution in [-0.4, -0.2) is 43.7 Å². The van der Waals surface area contributed by atoms with E-state index in [4.69, 9.17) is 9.47 Å². The van der Waals surface area contributed by atoms with Crippen molar-refractivity contribution in [2.24, 2.45) is 0 Å². The highest BCUT2D eigenvalue weighted by atomic mass is 35.5. The number of carbonyl (C=O) groups excluding carboxylic acids is 1. The second-order valence-electron chi connectivity index (χ2n) is 7.00. The first-order valence-corrected chi connectivity index (χ1v) is 9.47. The Morgan fingerprint density at radius 2 is 1.82 bits per heavy atom. The van der Waals surface area contributed by atoms with Gasteiger partial charge in [-0.05, 0) is 26.0 Å². The summed E-state index contributed by atoms with van der Waals surface area (Å²) >= 11 is 0. The van der Waals surface area contributed by atoms with Crippen molar-refractivity contribution in [1.82, 2.24) is 10.2 Å². The molecule has 1 heterocycles. The number of ether oxygens (including phenoxy) is 2. The van der Waals surface area contributed by atoms with Crippen molar-refractivity contribution in [2.75, 3.05) is 26.7 Å². The SMILES string of the molecule is COc1ccccc1C1CNCCN1C(=O)Cc1ccccc1OC(C)C.Cl. The van der Waals surface area contributed by atoms with Crippen LogP contribution < -0.4 is 14.8 Å². The molecule has 1 aliphatic rings. The summed E-state index contributed by atoms with van der Waals surface area (Å²) in [5, 5.41) is 3.40. The van der Waals surface area contributed by atoms with Crippen molar-refractivity contribution < 1.29 is 14.3 Å². The maximum absolute atomic E-state index is 13.2. The maximum Gasteiger partial charge on any atom is 0.227 e. The molecular weight excluding hydrogens is 376 g/mol. The van der Waals surface area contributed by atoms with Gasteiger partial charge in [0.05, 0.1) is 25.7 Å². The van der Waals surface area contributed by atoms with Gasteiger partial charge in [-0.1, -0.05) is 36.4 Å². The van der Waals surface area contributed by atoms with Crippen LogP contribution in [0.5, 0.6) is 11.5 Å². The Kier molecular flexibility index (Phi) is 8.15. The lowest BCUT2D eigenvalue weighted by Gasteiger charge is -2.37. The van der Waals surface area contributed by atoms with Crippen LogP contribution in [0.4, 0.5) is 0 Å². The van der Waals surface area contributed by atoms with E-state index >= 15 is 0 Å². The van der Waals surface area contributed by atoms with Crippen molar-refractivity contribution in [2.45, 2.75) is 32.4 Å². The van der Waals surface area contributed by atoms with Crippen LogP contribution in [0.2, 0.25) is 0 Å². The van der Waals surface area contributed by atoms with E-state index < -0.39 is 0 Å². The first-order chi connectivity index (χ1) is 13.1. The molecule has 1 fully saturated rings. The zero-order valence-electron chi connectivity index (χ0n) is 16.7. The number of amides is 1. The fourth-order valence-electron chi connectivity index (χ4n) is 3.51. The highest BCUT2D eigenvalue weighted by Gasteiger charge is 2.30. The molecule has 1 N–H and O–H groups in total. The van der Waals surface area contributed by atoms with Gasteiger partial charge in [0.15, 0.2) is 0 Å². The number of rotatable bonds is 6. The molecule has 1 unspecified atom stereocenters. The summed E-state index contributed by atoms with van der Waals surface area (Å²) in [7, 11) is 1.67. The van der Waals surface area contributed by atoms with Crippen LogP contribution >= 0.6 is 12.4 Å². The van der Waals surface area contributed by atoms with Gasteiger partial charge in [0.1, 0.15) is 11.5 Å². The third-order valence-corrected chi connectivity index (χ3v) is 4.74. The first-order valence-electron chi connectivity index (χ1n) is 9.47. The Morgan fingerprint density at radius 3 is 2.54 bits per heavy atom. The summed E-state index contributed by atoms with van der Waals surface area (Å²) in [6, 6.07) is 15.7. The molecule has 0 saturated carbocycles. The molecule has 28 heavy (non-hydrogen) atoms. The Bertz CT molecular complexity index is 782. The molecule has 0 bridgehead atoms. The number of para-hydroxylation sites is 2. The summed E-state index contributed by atoms with van der Waals surface area (Å²) in [6.45, 7) is 6.17. The number of piperazine rings is 1. The Morgan fingerprint density at radius 1 is 1.14 bits per heavy atom. The largest absolute Gasteiger partial charge is 0.496 e. The average Bonchev–Trinajstić information content (AvgIpc) is 2.69. The van der Waals surface area contributed by atoms with Gasteiger partial charge in [-0.15, -0.1) is 12.4 Å². The first kappa shape index (κ1) is 22.1. The Labute approximate surface area is 173 Å². The van der Waals surface area contributed by atoms with Gasteiger partial charge in [0.2, 0.25) is 5.91 Å². The molecule has 0 spiro atoms. The number of nitrogens with one attached hydrogen (secondary N) is 1. The van der Waals surface area contributed by atoms with Crippen molar-refractivity contribution in [1.29, 1.82) is 0 Å². The Hall–Kier alpha value is -2.24. The minimum atomic E-state index is -0.0411. The minimum absolute atomic E-state index is 0. The molecule has 2 aromatic carbocycles. The van der Waals surface area contributed by atoms with E-state index in [-0.39, 0.29) is 30.5 Å². The van der Waals surface area contributed by atoms with E-state index in [0.717, 1.165) is 35.7 Å². The van der Waals surface area contributed by atoms with Gasteiger partial charge in [-0.25, -0.2) is 0 Å². The van der Waals surface area contributed by atoms with Crippen LogP contribution in [0.3, 0.4) is 0 Å². The van der Waals surface area contributed by atoms with E-state index in [1.165, 1.54) is 0 Å². The molecule has 1 atom stereocenters. The number of hydrogen-bond acceptors (Lipinski definition) is 4. The number of halogens is 1. The van der Waals surface area contributed by atoms with Gasteiger partial charge in [-0.2, -0.15) is 0 Å². The highest BCUT2D eigenvalue weighted by Crippen LogP contribution is 2.31. The normalized spacial score (nSPS) is 16.4. The monoisotopic (exact) mass is 404 g/mol. The van der Waals surface area contributed by atoms with Crippen LogP contribution in [-0.2, 0) is 11.2 Å². The van der Waals surface area contributed by atoms with Gasteiger partial charge in [0.25, 0.3) is 0 Å². The van der Waals surface area contributed by atoms with E-state index in [1.54, 1.807) is 7.11 Å². The summed E-state index contributed by atoms with van der Waals surface area (Å²) in [5.41, 5.74) is 1.96. The lowest BCUT2D eigenvalue weighted by Crippen LogP contribution is -2.49. The lowest BCUT2D eigenvalue weighted by molar-refractivity contribution is -0.133. The van der Waals surface area contributed by atoms with Crippen LogP contribution in [0.25, 0.3) is 0 Å². The molecule has 0 aromatic heterocycles. The molecule has 6 heteroatoms. The third-order valence-electron chi connectivity index (χ3n) is 4.74. The van der Waals surface area contributed by atoms with Crippen molar-refractivity contribution in [3.8, 4) is 11.5 Å². The quantitative estimate of drug-likeness (QED) is 0.798. The number of nitrogens with zero attached hydrogens (tertiary/aromatic N) is 1. The maximum atomic E-state index is 13.2. The third kappa shape index (κ3) is 5.18. The molecule has 0 aliphatic carbocycles. The number of carbonyl (C=O) groups is 1. The lowest BCUT2D eigenvalue weighted by atomic mass is 10.0. The molecule has 1 amide bonds. The van der Waals surface area contributed by atoms with E-state index in [2.05, 4.69) is 5.32 Å². The van der Waals surface area contributed by atoms with Crippen LogP contribution in [0.1, 0.15) is 31.0 Å². The zero-order chi connectivity index (χ0) is 19.2. The fourth-order valence-corrected chi connectivity index (χ4v) is 3.51. The summed E-state index contributed by atoms with van der Waals surface area (Å²) < 4.78 is 11.4. The van der Waals surface area contributed by atoms with Gasteiger partial charge in [-0.3, -0.25) is 4.79 Å². The average molecular weight is 405 g/mol. The van der Waals surface area contributed by atoms with Gasteiger partial charge >= 0.3 is 0 Å². The van der Waals surface area contributed by atoms with E-state index in [0.29, 0.717) is 13.0 Å². The molecule has 3 rings (SSSR count). The molecule has 0 radical (unpaired) electrons. The fraction of sp³-hybridized carbons (Fsp3) is 0.409. The van der Waals surface area contributed by atoms with Gasteiger partial charge in [0, 0.05) is 30.8 Å². The molecule has 2 aromatic rings. The molecule has 1 saturated heterocycles. The predicted molar refractivity (Wildman–Crippen MR) is 113 cm³/mol. The standard InChI is InChI=1S/C22H28N2O3.ClH/c1-16(2)27-20-10-6-4-8-17(20)14-22(25)24-13-12-23-15-19(24)18-9-5-7-11-21(18)26-3;/h4-11,16,19,23H,12-15H2,1-3H3;1H. The number of methoxy groups -OCH3 is 1. The zero-order valence-corrected chi connectivity index (χ0v) is 17.5. The number of hydrogen-bond donors (Lipinski definition) is 1. The minimum Gasteiger partial charge on any atom is -0.496 e. The van der Waals surface area contributed by atoms with Crippen molar-refractivity contribution >= 4 is 18.3 Å². The smallest absolute Gasteiger partial charge is 0.227 e. The Balaban J connectivity index is 0.00000280. The predicted octanol–water partition coefficient (Wildman–Crippen LogP) is 3.62. The van der Waals surface area contributed by atoms with E-state index in [9.17, 15) is 4.79 Å². The molecule has 5 nitrogen and oxygen atoms in total. The number of benzene rings is 2. The summed E-state index contributed by atoms with van der Waals surface area (Å²) in [6.07, 6.45) is 0.399. The van der Waals surface area contributed by atoms with Crippen molar-refractivity contribution in [3.05, 3.63) is 59.7 Å². The molecular formula is C22H29ClN2O3. The van der Waals surface area contributed by atoms with E-state index in [1.807, 2.05) is 67.3 Å². The summed E-state index contributed by atoms with van der Waals surface area (Å²) in [5.74, 6) is 1.70. The second kappa shape index (κ2) is 10.3. The van der Waals surface area contributed by atoms with Crippen LogP contribution in [0.15, 0.2) is 48.5 Å².